The van der Waals surface area contributed by atoms with E-state index >= 15 is 0 Å². The Morgan fingerprint density at radius 1 is 1.22 bits per heavy atom. The lowest BCUT2D eigenvalue weighted by Crippen LogP contribution is -2.34. The second-order valence-corrected chi connectivity index (χ2v) is 6.20. The topological polar surface area (TPSA) is 12.0 Å². The zero-order chi connectivity index (χ0) is 13.1. The molecule has 1 N–H and O–H groups in total. The first-order chi connectivity index (χ1) is 8.60. The summed E-state index contributed by atoms with van der Waals surface area (Å²) in [6.45, 7) is 6.79. The molecule has 0 spiro atoms. The Balaban J connectivity index is 2.03. The standard InChI is InChI=1S/C17H27N/c1-12-5-8-16(9-12)17(18-4)11-15-7-6-13(2)14(3)10-15/h6-7,10,12,16-18H,5,8-9,11H2,1-4H3. The van der Waals surface area contributed by atoms with Gasteiger partial charge in [0.2, 0.25) is 0 Å². The van der Waals surface area contributed by atoms with Gasteiger partial charge in [0.1, 0.15) is 0 Å². The van der Waals surface area contributed by atoms with Crippen LogP contribution in [0.15, 0.2) is 18.2 Å². The van der Waals surface area contributed by atoms with Gasteiger partial charge in [0, 0.05) is 6.04 Å². The SMILES string of the molecule is CNC(Cc1ccc(C)c(C)c1)C1CCC(C)C1. The van der Waals surface area contributed by atoms with Gasteiger partial charge >= 0.3 is 0 Å². The first-order valence-corrected chi connectivity index (χ1v) is 7.33. The molecular weight excluding hydrogens is 218 g/mol. The molecule has 1 aromatic rings. The zero-order valence-electron chi connectivity index (χ0n) is 12.3. The van der Waals surface area contributed by atoms with Crippen LogP contribution < -0.4 is 5.32 Å². The van der Waals surface area contributed by atoms with E-state index in [1.165, 1.54) is 42.4 Å². The van der Waals surface area contributed by atoms with Crippen molar-refractivity contribution in [1.82, 2.24) is 5.32 Å². The van der Waals surface area contributed by atoms with E-state index in [-0.39, 0.29) is 0 Å². The predicted octanol–water partition coefficient (Wildman–Crippen LogP) is 3.87. The molecule has 3 atom stereocenters. The van der Waals surface area contributed by atoms with Crippen LogP contribution in [0.1, 0.15) is 42.9 Å². The third kappa shape index (κ3) is 3.14. The van der Waals surface area contributed by atoms with Gasteiger partial charge in [-0.15, -0.1) is 0 Å². The van der Waals surface area contributed by atoms with Gasteiger partial charge in [-0.2, -0.15) is 0 Å². The van der Waals surface area contributed by atoms with Crippen LogP contribution in [0.3, 0.4) is 0 Å². The minimum atomic E-state index is 0.650. The molecule has 100 valence electrons. The van der Waals surface area contributed by atoms with Crippen LogP contribution in [-0.2, 0) is 6.42 Å². The second-order valence-electron chi connectivity index (χ2n) is 6.20. The van der Waals surface area contributed by atoms with Crippen molar-refractivity contribution in [2.75, 3.05) is 7.05 Å². The molecule has 1 heteroatoms. The highest BCUT2D eigenvalue weighted by Crippen LogP contribution is 2.33. The van der Waals surface area contributed by atoms with E-state index < -0.39 is 0 Å². The molecule has 0 saturated heterocycles. The van der Waals surface area contributed by atoms with Crippen LogP contribution in [0.4, 0.5) is 0 Å². The zero-order valence-corrected chi connectivity index (χ0v) is 12.3. The van der Waals surface area contributed by atoms with Crippen molar-refractivity contribution < 1.29 is 0 Å². The van der Waals surface area contributed by atoms with Gasteiger partial charge in [0.25, 0.3) is 0 Å². The molecular formula is C17H27N. The van der Waals surface area contributed by atoms with Crippen molar-refractivity contribution in [3.8, 4) is 0 Å². The molecule has 0 aliphatic heterocycles. The summed E-state index contributed by atoms with van der Waals surface area (Å²) in [5.41, 5.74) is 4.30. The number of hydrogen-bond donors (Lipinski definition) is 1. The smallest absolute Gasteiger partial charge is 0.0133 e. The number of hydrogen-bond acceptors (Lipinski definition) is 1. The van der Waals surface area contributed by atoms with E-state index in [9.17, 15) is 0 Å². The molecule has 0 radical (unpaired) electrons. The number of likely N-dealkylation sites (N-methyl/N-ethyl adjacent to an activating group) is 1. The summed E-state index contributed by atoms with van der Waals surface area (Å²) < 4.78 is 0. The molecule has 1 aliphatic carbocycles. The molecule has 18 heavy (non-hydrogen) atoms. The average Bonchev–Trinajstić information content (AvgIpc) is 2.77. The molecule has 1 fully saturated rings. The number of rotatable bonds is 4. The number of aryl methyl sites for hydroxylation is 2. The lowest BCUT2D eigenvalue weighted by molar-refractivity contribution is 0.367. The van der Waals surface area contributed by atoms with Gasteiger partial charge in [0.15, 0.2) is 0 Å². The highest BCUT2D eigenvalue weighted by atomic mass is 14.9. The first kappa shape index (κ1) is 13.6. The largest absolute Gasteiger partial charge is 0.316 e. The Hall–Kier alpha value is -0.820. The lowest BCUT2D eigenvalue weighted by Gasteiger charge is -2.23. The molecule has 0 aromatic heterocycles. The number of nitrogens with one attached hydrogen (secondary N) is 1. The Bertz CT molecular complexity index is 397. The third-order valence-corrected chi connectivity index (χ3v) is 4.70. The van der Waals surface area contributed by atoms with Gasteiger partial charge in [-0.3, -0.25) is 0 Å². The highest BCUT2D eigenvalue weighted by Gasteiger charge is 2.27. The van der Waals surface area contributed by atoms with Gasteiger partial charge in [-0.05, 0) is 68.7 Å². The minimum Gasteiger partial charge on any atom is -0.316 e. The summed E-state index contributed by atoms with van der Waals surface area (Å²) in [7, 11) is 2.12. The van der Waals surface area contributed by atoms with E-state index in [0.717, 1.165) is 11.8 Å². The molecule has 2 rings (SSSR count). The van der Waals surface area contributed by atoms with Crippen LogP contribution in [0.5, 0.6) is 0 Å². The van der Waals surface area contributed by atoms with Gasteiger partial charge < -0.3 is 5.32 Å². The summed E-state index contributed by atoms with van der Waals surface area (Å²) in [6.07, 6.45) is 5.39. The fourth-order valence-electron chi connectivity index (χ4n) is 3.31. The Morgan fingerprint density at radius 3 is 2.56 bits per heavy atom. The third-order valence-electron chi connectivity index (χ3n) is 4.70. The summed E-state index contributed by atoms with van der Waals surface area (Å²) in [6, 6.07) is 7.56. The summed E-state index contributed by atoms with van der Waals surface area (Å²) in [5, 5.41) is 3.55. The maximum absolute atomic E-state index is 3.55. The maximum atomic E-state index is 3.55. The molecule has 3 unspecified atom stereocenters. The molecule has 1 saturated carbocycles. The fourth-order valence-corrected chi connectivity index (χ4v) is 3.31. The quantitative estimate of drug-likeness (QED) is 0.849. The van der Waals surface area contributed by atoms with Gasteiger partial charge in [-0.25, -0.2) is 0 Å². The monoisotopic (exact) mass is 245 g/mol. The highest BCUT2D eigenvalue weighted by molar-refractivity contribution is 5.30. The van der Waals surface area contributed by atoms with Crippen LogP contribution in [0, 0.1) is 25.7 Å². The van der Waals surface area contributed by atoms with Gasteiger partial charge in [-0.1, -0.05) is 31.5 Å². The fraction of sp³-hybridized carbons (Fsp3) is 0.647. The molecule has 1 nitrogen and oxygen atoms in total. The van der Waals surface area contributed by atoms with Crippen LogP contribution in [-0.4, -0.2) is 13.1 Å². The lowest BCUT2D eigenvalue weighted by atomic mass is 9.90. The molecule has 0 heterocycles. The minimum absolute atomic E-state index is 0.650. The molecule has 0 bridgehead atoms. The molecule has 1 aliphatic rings. The van der Waals surface area contributed by atoms with E-state index in [0.29, 0.717) is 6.04 Å². The Morgan fingerprint density at radius 2 is 2.00 bits per heavy atom. The normalized spacial score (nSPS) is 25.3. The first-order valence-electron chi connectivity index (χ1n) is 7.33. The summed E-state index contributed by atoms with van der Waals surface area (Å²) in [5.74, 6) is 1.79. The van der Waals surface area contributed by atoms with E-state index in [1.54, 1.807) is 0 Å². The van der Waals surface area contributed by atoms with Crippen molar-refractivity contribution in [2.24, 2.45) is 11.8 Å². The van der Waals surface area contributed by atoms with Gasteiger partial charge in [0.05, 0.1) is 0 Å². The Kier molecular flexibility index (Phi) is 4.45. The second kappa shape index (κ2) is 5.88. The van der Waals surface area contributed by atoms with Crippen LogP contribution in [0.25, 0.3) is 0 Å². The van der Waals surface area contributed by atoms with E-state index in [4.69, 9.17) is 0 Å². The van der Waals surface area contributed by atoms with Crippen LogP contribution in [0.2, 0.25) is 0 Å². The summed E-state index contributed by atoms with van der Waals surface area (Å²) in [4.78, 5) is 0. The van der Waals surface area contributed by atoms with Crippen molar-refractivity contribution in [2.45, 2.75) is 52.5 Å². The van der Waals surface area contributed by atoms with Crippen molar-refractivity contribution in [3.63, 3.8) is 0 Å². The molecule has 1 aromatic carbocycles. The summed E-state index contributed by atoms with van der Waals surface area (Å²) >= 11 is 0. The van der Waals surface area contributed by atoms with E-state index in [2.05, 4.69) is 51.3 Å². The van der Waals surface area contributed by atoms with E-state index in [1.807, 2.05) is 0 Å². The number of benzene rings is 1. The maximum Gasteiger partial charge on any atom is 0.0133 e. The van der Waals surface area contributed by atoms with Crippen molar-refractivity contribution >= 4 is 0 Å². The predicted molar refractivity (Wildman–Crippen MR) is 79.0 cm³/mol. The molecule has 0 amide bonds. The Labute approximate surface area is 112 Å². The van der Waals surface area contributed by atoms with Crippen molar-refractivity contribution in [3.05, 3.63) is 34.9 Å². The van der Waals surface area contributed by atoms with Crippen LogP contribution >= 0.6 is 0 Å². The average molecular weight is 245 g/mol. The van der Waals surface area contributed by atoms with Crippen molar-refractivity contribution in [1.29, 1.82) is 0 Å².